The average Bonchev–Trinajstić information content (AvgIpc) is 2.91. The first-order valence-corrected chi connectivity index (χ1v) is 14.5. The van der Waals surface area contributed by atoms with Crippen LogP contribution in [-0.2, 0) is 23.1 Å². The third-order valence-corrected chi connectivity index (χ3v) is 8.04. The Morgan fingerprint density at radius 3 is 2.39 bits per heavy atom. The van der Waals surface area contributed by atoms with E-state index in [9.17, 15) is 32.6 Å². The van der Waals surface area contributed by atoms with E-state index in [1.54, 1.807) is 16.7 Å². The molecule has 41 heavy (non-hydrogen) atoms. The van der Waals surface area contributed by atoms with Gasteiger partial charge in [0.25, 0.3) is 0 Å². The van der Waals surface area contributed by atoms with Crippen LogP contribution in [0.2, 0.25) is 5.02 Å². The number of aromatic nitrogens is 1. The minimum absolute atomic E-state index is 0.0213. The van der Waals surface area contributed by atoms with Crippen molar-refractivity contribution in [1.82, 2.24) is 4.57 Å². The fourth-order valence-corrected chi connectivity index (χ4v) is 5.28. The van der Waals surface area contributed by atoms with E-state index in [0.29, 0.717) is 16.6 Å². The second-order valence-electron chi connectivity index (χ2n) is 9.92. The maximum absolute atomic E-state index is 14.9. The van der Waals surface area contributed by atoms with Gasteiger partial charge in [0.1, 0.15) is 23.7 Å². The van der Waals surface area contributed by atoms with Gasteiger partial charge in [-0.25, -0.2) is 22.7 Å². The molecular formula is C29H28ClFN2O7S. The van der Waals surface area contributed by atoms with Crippen LogP contribution in [0.1, 0.15) is 46.9 Å². The summed E-state index contributed by atoms with van der Waals surface area (Å²) in [6.07, 6.45) is 1.17. The van der Waals surface area contributed by atoms with Crippen LogP contribution in [0.15, 0.2) is 70.5 Å². The molecule has 12 heteroatoms. The van der Waals surface area contributed by atoms with Crippen molar-refractivity contribution in [3.63, 3.8) is 0 Å². The van der Waals surface area contributed by atoms with E-state index in [0.717, 1.165) is 0 Å². The van der Waals surface area contributed by atoms with Gasteiger partial charge in [0.15, 0.2) is 0 Å². The van der Waals surface area contributed by atoms with Crippen LogP contribution in [0, 0.1) is 11.7 Å². The molecule has 1 heterocycles. The number of carboxylic acid groups (broad SMARTS) is 1. The number of hydrogen-bond acceptors (Lipinski definition) is 6. The molecular weight excluding hydrogens is 575 g/mol. The summed E-state index contributed by atoms with van der Waals surface area (Å²) in [5.74, 6) is -1.93. The zero-order valence-corrected chi connectivity index (χ0v) is 23.7. The number of carboxylic acids is 1. The highest BCUT2D eigenvalue weighted by molar-refractivity contribution is 7.89. The lowest BCUT2D eigenvalue weighted by Gasteiger charge is -2.25. The van der Waals surface area contributed by atoms with Crippen LogP contribution < -0.4 is 15.3 Å². The van der Waals surface area contributed by atoms with E-state index in [2.05, 4.69) is 0 Å². The Labute approximate surface area is 240 Å². The first-order valence-electron chi connectivity index (χ1n) is 12.5. The second-order valence-corrected chi connectivity index (χ2v) is 11.9. The van der Waals surface area contributed by atoms with Crippen molar-refractivity contribution in [1.29, 1.82) is 0 Å². The van der Waals surface area contributed by atoms with Gasteiger partial charge < -0.3 is 19.5 Å². The Hall–Kier alpha value is -3.77. The van der Waals surface area contributed by atoms with Crippen LogP contribution in [0.25, 0.3) is 10.9 Å². The summed E-state index contributed by atoms with van der Waals surface area (Å²) in [6, 6.07) is 12.7. The monoisotopic (exact) mass is 602 g/mol. The van der Waals surface area contributed by atoms with Gasteiger partial charge in [0, 0.05) is 24.1 Å². The number of nitrogens with zero attached hydrogens (tertiary/aromatic N) is 1. The molecule has 0 amide bonds. The van der Waals surface area contributed by atoms with Crippen molar-refractivity contribution in [2.24, 2.45) is 11.1 Å². The van der Waals surface area contributed by atoms with Crippen molar-refractivity contribution in [3.05, 3.63) is 104 Å². The van der Waals surface area contributed by atoms with Gasteiger partial charge in [-0.3, -0.25) is 4.79 Å². The highest BCUT2D eigenvalue weighted by atomic mass is 35.5. The fraction of sp³-hybridized carbons (Fsp3) is 0.241. The SMILES string of the molecule is CC(C)C(CO)n1cc(C(=O)O)c(=O)c2cc(Cc3cccc(Cl)c3F)c(OCc3ccc(S(N)(=O)=O)cc3)cc21. The molecule has 0 radical (unpaired) electrons. The van der Waals surface area contributed by atoms with Gasteiger partial charge in [-0.2, -0.15) is 0 Å². The smallest absolute Gasteiger partial charge is 0.341 e. The van der Waals surface area contributed by atoms with E-state index < -0.39 is 38.8 Å². The number of aromatic carboxylic acids is 1. The molecule has 0 saturated heterocycles. The van der Waals surface area contributed by atoms with E-state index in [1.807, 2.05) is 13.8 Å². The lowest BCUT2D eigenvalue weighted by atomic mass is 9.98. The Balaban J connectivity index is 1.91. The third kappa shape index (κ3) is 6.43. The number of hydrogen-bond donors (Lipinski definition) is 3. The van der Waals surface area contributed by atoms with Gasteiger partial charge in [0.2, 0.25) is 15.5 Å². The first-order chi connectivity index (χ1) is 19.3. The summed E-state index contributed by atoms with van der Waals surface area (Å²) in [4.78, 5) is 25.2. The zero-order chi connectivity index (χ0) is 30.1. The number of aliphatic hydroxyl groups excluding tert-OH is 1. The maximum Gasteiger partial charge on any atom is 0.341 e. The molecule has 0 bridgehead atoms. The van der Waals surface area contributed by atoms with E-state index >= 15 is 0 Å². The molecule has 1 atom stereocenters. The van der Waals surface area contributed by atoms with Gasteiger partial charge in [-0.05, 0) is 46.9 Å². The lowest BCUT2D eigenvalue weighted by molar-refractivity contribution is 0.0694. The molecule has 0 aliphatic carbocycles. The topological polar surface area (TPSA) is 149 Å². The standard InChI is InChI=1S/C29H28ClFN2O7S/c1-16(2)25(14-34)33-13-22(29(36)37)28(35)21-11-19(10-18-4-3-5-23(30)27(18)31)26(12-24(21)33)40-15-17-6-8-20(9-7-17)41(32,38)39/h3-9,11-13,16,25,34H,10,14-15H2,1-2H3,(H,36,37)(H2,32,38,39). The minimum atomic E-state index is -3.88. The molecule has 9 nitrogen and oxygen atoms in total. The van der Waals surface area contributed by atoms with Gasteiger partial charge in [-0.15, -0.1) is 0 Å². The summed E-state index contributed by atoms with van der Waals surface area (Å²) in [5, 5.41) is 25.0. The molecule has 4 N–H and O–H groups in total. The zero-order valence-electron chi connectivity index (χ0n) is 22.2. The summed E-state index contributed by atoms with van der Waals surface area (Å²) in [6.45, 7) is 3.36. The van der Waals surface area contributed by atoms with Crippen LogP contribution in [-0.4, -0.2) is 35.8 Å². The van der Waals surface area contributed by atoms with Crippen molar-refractivity contribution in [2.75, 3.05) is 6.61 Å². The minimum Gasteiger partial charge on any atom is -0.489 e. The van der Waals surface area contributed by atoms with Crippen molar-refractivity contribution >= 4 is 38.5 Å². The summed E-state index contributed by atoms with van der Waals surface area (Å²) in [7, 11) is -3.88. The Kier molecular flexibility index (Phi) is 8.83. The number of ether oxygens (including phenoxy) is 1. The number of pyridine rings is 1. The maximum atomic E-state index is 14.9. The number of aliphatic hydroxyl groups is 1. The molecule has 0 fully saturated rings. The Bertz CT molecular complexity index is 1790. The number of sulfonamides is 1. The summed E-state index contributed by atoms with van der Waals surface area (Å²) >= 11 is 5.98. The van der Waals surface area contributed by atoms with E-state index in [4.69, 9.17) is 21.5 Å². The molecule has 3 aromatic carbocycles. The van der Waals surface area contributed by atoms with Crippen LogP contribution in [0.3, 0.4) is 0 Å². The third-order valence-electron chi connectivity index (χ3n) is 6.82. The number of fused-ring (bicyclic) bond motifs is 1. The number of halogens is 2. The first kappa shape index (κ1) is 30.2. The molecule has 0 spiro atoms. The number of primary sulfonamides is 1. The van der Waals surface area contributed by atoms with Crippen LogP contribution in [0.4, 0.5) is 4.39 Å². The lowest BCUT2D eigenvalue weighted by Crippen LogP contribution is -2.25. The summed E-state index contributed by atoms with van der Waals surface area (Å²) in [5.41, 5.74) is 0.330. The van der Waals surface area contributed by atoms with Crippen molar-refractivity contribution in [2.45, 2.75) is 37.8 Å². The van der Waals surface area contributed by atoms with Crippen LogP contribution in [0.5, 0.6) is 5.75 Å². The van der Waals surface area contributed by atoms with Gasteiger partial charge in [-0.1, -0.05) is 49.7 Å². The molecule has 0 saturated carbocycles. The van der Waals surface area contributed by atoms with E-state index in [-0.39, 0.29) is 52.2 Å². The quantitative estimate of drug-likeness (QED) is 0.242. The van der Waals surface area contributed by atoms with Crippen LogP contribution >= 0.6 is 11.6 Å². The number of benzene rings is 3. The molecule has 1 unspecified atom stereocenters. The van der Waals surface area contributed by atoms with E-state index in [1.165, 1.54) is 48.7 Å². The molecule has 0 aliphatic heterocycles. The largest absolute Gasteiger partial charge is 0.489 e. The summed E-state index contributed by atoms with van der Waals surface area (Å²) < 4.78 is 45.7. The van der Waals surface area contributed by atoms with Gasteiger partial charge >= 0.3 is 5.97 Å². The number of nitrogens with two attached hydrogens (primary N) is 1. The number of carbonyl (C=O) groups is 1. The number of rotatable bonds is 10. The van der Waals surface area contributed by atoms with Gasteiger partial charge in [0.05, 0.1) is 28.1 Å². The second kappa shape index (κ2) is 12.0. The van der Waals surface area contributed by atoms with Crippen molar-refractivity contribution in [3.8, 4) is 5.75 Å². The highest BCUT2D eigenvalue weighted by Gasteiger charge is 2.23. The average molecular weight is 603 g/mol. The van der Waals surface area contributed by atoms with Crippen molar-refractivity contribution < 1.29 is 32.6 Å². The molecule has 216 valence electrons. The molecule has 4 rings (SSSR count). The predicted octanol–water partition coefficient (Wildman–Crippen LogP) is 4.50. The highest BCUT2D eigenvalue weighted by Crippen LogP contribution is 2.32. The molecule has 0 aliphatic rings. The Morgan fingerprint density at radius 2 is 1.80 bits per heavy atom. The fourth-order valence-electron chi connectivity index (χ4n) is 4.57. The molecule has 1 aromatic heterocycles. The normalized spacial score (nSPS) is 12.6. The Morgan fingerprint density at radius 1 is 1.12 bits per heavy atom. The predicted molar refractivity (Wildman–Crippen MR) is 152 cm³/mol. The molecule has 4 aromatic rings.